The normalized spacial score (nSPS) is 8.40. The molecule has 0 aliphatic heterocycles. The van der Waals surface area contributed by atoms with Gasteiger partial charge in [0, 0.05) is 23.7 Å². The van der Waals surface area contributed by atoms with Crippen molar-refractivity contribution in [3.63, 3.8) is 0 Å². The molecular weight excluding hydrogens is 179 g/mol. The number of carbonyl (C=O) groups is 2. The van der Waals surface area contributed by atoms with Gasteiger partial charge in [-0.15, -0.1) is 0 Å². The van der Waals surface area contributed by atoms with Crippen molar-refractivity contribution >= 4 is 11.9 Å². The molecule has 0 aromatic carbocycles. The first-order valence-electron chi connectivity index (χ1n) is 2.76. The van der Waals surface area contributed by atoms with Gasteiger partial charge >= 0.3 is 11.9 Å². The van der Waals surface area contributed by atoms with E-state index < -0.39 is 11.9 Å². The van der Waals surface area contributed by atoms with Crippen molar-refractivity contribution < 1.29 is 31.1 Å². The minimum atomic E-state index is -0.547. The summed E-state index contributed by atoms with van der Waals surface area (Å²) < 4.78 is 4.23. The van der Waals surface area contributed by atoms with Crippen molar-refractivity contribution in [1.29, 1.82) is 0 Å². The first-order chi connectivity index (χ1) is 4.04. The average Bonchev–Trinajstić information content (AvgIpc) is 1.63. The standard InChI is InChI=1S/C6H10O3.Co/c1-4(2)6(8)9-5(3)7;/h4H,1-3H3;. The van der Waals surface area contributed by atoms with Gasteiger partial charge in [0.2, 0.25) is 0 Å². The van der Waals surface area contributed by atoms with Crippen molar-refractivity contribution in [3.8, 4) is 0 Å². The molecule has 0 saturated carbocycles. The van der Waals surface area contributed by atoms with Gasteiger partial charge in [-0.3, -0.25) is 9.59 Å². The summed E-state index contributed by atoms with van der Waals surface area (Å²) in [5.74, 6) is -1.25. The minimum absolute atomic E-state index is 0. The topological polar surface area (TPSA) is 43.4 Å². The van der Waals surface area contributed by atoms with Crippen LogP contribution in [0.4, 0.5) is 0 Å². The second-order valence-electron chi connectivity index (χ2n) is 2.07. The molecule has 0 spiro atoms. The third-order valence-electron chi connectivity index (χ3n) is 0.716. The summed E-state index contributed by atoms with van der Waals surface area (Å²) in [4.78, 5) is 20.6. The van der Waals surface area contributed by atoms with Gasteiger partial charge in [-0.05, 0) is 0 Å². The Bertz CT molecular complexity index is 131. The van der Waals surface area contributed by atoms with Crippen molar-refractivity contribution in [3.05, 3.63) is 0 Å². The van der Waals surface area contributed by atoms with E-state index in [-0.39, 0.29) is 22.7 Å². The van der Waals surface area contributed by atoms with Gasteiger partial charge in [-0.2, -0.15) is 0 Å². The Balaban J connectivity index is 0. The van der Waals surface area contributed by atoms with Crippen LogP contribution in [0.15, 0.2) is 0 Å². The Labute approximate surface area is 70.3 Å². The van der Waals surface area contributed by atoms with Crippen molar-refractivity contribution in [2.75, 3.05) is 0 Å². The summed E-state index contributed by atoms with van der Waals surface area (Å²) in [5, 5.41) is 0. The first-order valence-corrected chi connectivity index (χ1v) is 2.76. The van der Waals surface area contributed by atoms with Crippen LogP contribution >= 0.6 is 0 Å². The van der Waals surface area contributed by atoms with Crippen LogP contribution in [0, 0.1) is 5.92 Å². The molecular formula is C6H10CoO3. The maximum atomic E-state index is 10.5. The van der Waals surface area contributed by atoms with Crippen LogP contribution in [0.1, 0.15) is 20.8 Å². The van der Waals surface area contributed by atoms with Crippen LogP contribution in [-0.4, -0.2) is 11.9 Å². The van der Waals surface area contributed by atoms with E-state index in [1.165, 1.54) is 6.92 Å². The minimum Gasteiger partial charge on any atom is -0.393 e. The SMILES string of the molecule is CC(=O)OC(=O)C(C)C.[Co]. The number of ether oxygens (including phenoxy) is 1. The second-order valence-corrected chi connectivity index (χ2v) is 2.07. The van der Waals surface area contributed by atoms with E-state index in [4.69, 9.17) is 0 Å². The monoisotopic (exact) mass is 189 g/mol. The van der Waals surface area contributed by atoms with Gasteiger partial charge < -0.3 is 4.74 Å². The van der Waals surface area contributed by atoms with Crippen molar-refractivity contribution in [1.82, 2.24) is 0 Å². The quantitative estimate of drug-likeness (QED) is 0.451. The fraction of sp³-hybridized carbons (Fsp3) is 0.667. The average molecular weight is 189 g/mol. The maximum absolute atomic E-state index is 10.5. The molecule has 4 heteroatoms. The van der Waals surface area contributed by atoms with Gasteiger partial charge in [0.05, 0.1) is 5.92 Å². The number of carbonyl (C=O) groups excluding carboxylic acids is 2. The zero-order valence-corrected chi connectivity index (χ0v) is 7.18. The molecule has 0 aromatic rings. The van der Waals surface area contributed by atoms with E-state index in [2.05, 4.69) is 4.74 Å². The van der Waals surface area contributed by atoms with Crippen LogP contribution in [0.2, 0.25) is 0 Å². The van der Waals surface area contributed by atoms with E-state index >= 15 is 0 Å². The third-order valence-corrected chi connectivity index (χ3v) is 0.716. The molecule has 0 saturated heterocycles. The van der Waals surface area contributed by atoms with Gasteiger partial charge in [-0.1, -0.05) is 13.8 Å². The fourth-order valence-corrected chi connectivity index (χ4v) is 0.260. The molecule has 0 heterocycles. The Morgan fingerprint density at radius 1 is 1.30 bits per heavy atom. The summed E-state index contributed by atoms with van der Waals surface area (Å²) in [6.45, 7) is 4.55. The van der Waals surface area contributed by atoms with E-state index in [9.17, 15) is 9.59 Å². The fourth-order valence-electron chi connectivity index (χ4n) is 0.260. The maximum Gasteiger partial charge on any atom is 0.316 e. The molecule has 0 rings (SSSR count). The summed E-state index contributed by atoms with van der Waals surface area (Å²) in [6, 6.07) is 0. The molecule has 0 N–H and O–H groups in total. The van der Waals surface area contributed by atoms with Gasteiger partial charge in [-0.25, -0.2) is 0 Å². The second kappa shape index (κ2) is 5.43. The van der Waals surface area contributed by atoms with Gasteiger partial charge in [0.15, 0.2) is 0 Å². The summed E-state index contributed by atoms with van der Waals surface area (Å²) in [7, 11) is 0. The van der Waals surface area contributed by atoms with E-state index in [0.717, 1.165) is 0 Å². The van der Waals surface area contributed by atoms with E-state index in [1.807, 2.05) is 0 Å². The van der Waals surface area contributed by atoms with Crippen LogP contribution in [0.3, 0.4) is 0 Å². The molecule has 0 unspecified atom stereocenters. The Hall–Kier alpha value is -0.354. The van der Waals surface area contributed by atoms with Crippen LogP contribution in [-0.2, 0) is 31.1 Å². The van der Waals surface area contributed by atoms with Crippen molar-refractivity contribution in [2.45, 2.75) is 20.8 Å². The van der Waals surface area contributed by atoms with Gasteiger partial charge in [0.25, 0.3) is 0 Å². The van der Waals surface area contributed by atoms with Gasteiger partial charge in [0.1, 0.15) is 0 Å². The molecule has 0 aromatic heterocycles. The molecule has 3 nitrogen and oxygen atoms in total. The zero-order chi connectivity index (χ0) is 7.44. The Morgan fingerprint density at radius 2 is 1.70 bits per heavy atom. The molecule has 0 amide bonds. The van der Waals surface area contributed by atoms with Crippen LogP contribution in [0.5, 0.6) is 0 Å². The summed E-state index contributed by atoms with van der Waals surface area (Å²) >= 11 is 0. The van der Waals surface area contributed by atoms with Crippen molar-refractivity contribution in [2.24, 2.45) is 5.92 Å². The Kier molecular flexibility index (Phi) is 6.70. The molecule has 0 fully saturated rings. The number of hydrogen-bond donors (Lipinski definition) is 0. The number of rotatable bonds is 1. The smallest absolute Gasteiger partial charge is 0.316 e. The summed E-state index contributed by atoms with van der Waals surface area (Å²) in [5.41, 5.74) is 0. The zero-order valence-electron chi connectivity index (χ0n) is 6.14. The predicted octanol–water partition coefficient (Wildman–Crippen LogP) is 0.730. The number of hydrogen-bond acceptors (Lipinski definition) is 3. The molecule has 0 aliphatic rings. The Morgan fingerprint density at radius 3 is 1.80 bits per heavy atom. The predicted molar refractivity (Wildman–Crippen MR) is 31.6 cm³/mol. The molecule has 0 atom stereocenters. The van der Waals surface area contributed by atoms with Crippen LogP contribution in [0.25, 0.3) is 0 Å². The molecule has 61 valence electrons. The largest absolute Gasteiger partial charge is 0.393 e. The summed E-state index contributed by atoms with van der Waals surface area (Å²) in [6.07, 6.45) is 0. The first kappa shape index (κ1) is 12.3. The molecule has 10 heavy (non-hydrogen) atoms. The number of esters is 2. The van der Waals surface area contributed by atoms with E-state index in [1.54, 1.807) is 13.8 Å². The molecule has 1 radical (unpaired) electrons. The molecule has 0 bridgehead atoms. The van der Waals surface area contributed by atoms with Crippen LogP contribution < -0.4 is 0 Å². The third kappa shape index (κ3) is 5.78. The molecule has 0 aliphatic carbocycles. The van der Waals surface area contributed by atoms with E-state index in [0.29, 0.717) is 0 Å².